The van der Waals surface area contributed by atoms with Crippen LogP contribution in [0.15, 0.2) is 46.5 Å². The van der Waals surface area contributed by atoms with Gasteiger partial charge < -0.3 is 4.90 Å². The Hall–Kier alpha value is -0.930. The van der Waals surface area contributed by atoms with Crippen LogP contribution in [0.1, 0.15) is 33.1 Å². The van der Waals surface area contributed by atoms with E-state index in [-0.39, 0.29) is 11.8 Å². The lowest BCUT2D eigenvalue weighted by molar-refractivity contribution is -0.126. The van der Waals surface area contributed by atoms with Crippen LogP contribution in [0.3, 0.4) is 0 Å². The van der Waals surface area contributed by atoms with Crippen LogP contribution < -0.4 is 0 Å². The van der Waals surface area contributed by atoms with Gasteiger partial charge in [0.05, 0.1) is 5.88 Å². The molecule has 0 saturated heterocycles. The Bertz CT molecular complexity index is 515. The van der Waals surface area contributed by atoms with Crippen molar-refractivity contribution in [3.05, 3.63) is 41.6 Å². The Morgan fingerprint density at radius 1 is 1.38 bits per heavy atom. The summed E-state index contributed by atoms with van der Waals surface area (Å²) in [5.41, 5.74) is 2.52. The first-order valence-electron chi connectivity index (χ1n) is 7.37. The van der Waals surface area contributed by atoms with Gasteiger partial charge in [-0.25, -0.2) is 0 Å². The van der Waals surface area contributed by atoms with Gasteiger partial charge in [0.15, 0.2) is 0 Å². The number of carbonyl (C=O) groups excluding carboxylic acids is 1. The molecule has 0 aliphatic heterocycles. The molecule has 4 heteroatoms. The van der Waals surface area contributed by atoms with E-state index in [2.05, 4.69) is 26.0 Å². The number of amides is 1. The minimum Gasteiger partial charge on any atom is -0.305 e. The maximum absolute atomic E-state index is 12.3. The molecular formula is C17H22ClNOS. The number of rotatable bonds is 5. The van der Waals surface area contributed by atoms with Gasteiger partial charge in [-0.1, -0.05) is 30.7 Å². The summed E-state index contributed by atoms with van der Waals surface area (Å²) >= 11 is 7.50. The lowest BCUT2D eigenvalue weighted by atomic mass is 9.88. The van der Waals surface area contributed by atoms with Gasteiger partial charge >= 0.3 is 0 Å². The van der Waals surface area contributed by atoms with E-state index in [9.17, 15) is 4.79 Å². The molecule has 1 aliphatic rings. The number of hydrogen-bond donors (Lipinski definition) is 0. The van der Waals surface area contributed by atoms with Crippen LogP contribution in [0.2, 0.25) is 0 Å². The third-order valence-electron chi connectivity index (χ3n) is 3.90. The van der Waals surface area contributed by atoms with Crippen molar-refractivity contribution in [3.8, 4) is 0 Å². The molecule has 0 radical (unpaired) electrons. The predicted molar refractivity (Wildman–Crippen MR) is 90.4 cm³/mol. The van der Waals surface area contributed by atoms with Gasteiger partial charge in [0.1, 0.15) is 5.88 Å². The Kier molecular flexibility index (Phi) is 6.19. The molecular weight excluding hydrogens is 302 g/mol. The summed E-state index contributed by atoms with van der Waals surface area (Å²) < 4.78 is 0. The SMILES string of the molecule is CC1=C(N(CSc2ccccc2)C(=O)CCl)C(C)CCC1. The van der Waals surface area contributed by atoms with Crippen molar-refractivity contribution in [1.82, 2.24) is 4.90 Å². The summed E-state index contributed by atoms with van der Waals surface area (Å²) in [6.07, 6.45) is 3.45. The summed E-state index contributed by atoms with van der Waals surface area (Å²) in [5.74, 6) is 1.11. The van der Waals surface area contributed by atoms with Crippen LogP contribution in [-0.4, -0.2) is 22.6 Å². The fourth-order valence-corrected chi connectivity index (χ4v) is 3.91. The summed E-state index contributed by atoms with van der Waals surface area (Å²) in [6.45, 7) is 4.35. The quantitative estimate of drug-likeness (QED) is 0.436. The molecule has 1 aromatic carbocycles. The molecule has 0 spiro atoms. The average molecular weight is 324 g/mol. The molecule has 1 aliphatic carbocycles. The number of carbonyl (C=O) groups is 1. The van der Waals surface area contributed by atoms with Crippen molar-refractivity contribution < 1.29 is 4.79 Å². The average Bonchev–Trinajstić information content (AvgIpc) is 2.50. The molecule has 1 atom stereocenters. The molecule has 1 amide bonds. The highest BCUT2D eigenvalue weighted by Gasteiger charge is 2.26. The minimum atomic E-state index is 0.00296. The second-order valence-electron chi connectivity index (χ2n) is 5.50. The first-order chi connectivity index (χ1) is 10.1. The zero-order chi connectivity index (χ0) is 15.2. The normalized spacial score (nSPS) is 18.7. The van der Waals surface area contributed by atoms with Gasteiger partial charge in [0.25, 0.3) is 0 Å². The molecule has 1 unspecified atom stereocenters. The van der Waals surface area contributed by atoms with Crippen LogP contribution in [0.4, 0.5) is 0 Å². The fraction of sp³-hybridized carbons (Fsp3) is 0.471. The van der Waals surface area contributed by atoms with E-state index in [1.165, 1.54) is 22.6 Å². The standard InChI is InChI=1S/C17H22ClNOS/c1-13-7-6-8-14(2)17(13)19(16(20)11-18)12-21-15-9-4-3-5-10-15/h3-5,9-10,13H,6-8,11-12H2,1-2H3. The van der Waals surface area contributed by atoms with E-state index in [0.717, 1.165) is 12.8 Å². The molecule has 2 nitrogen and oxygen atoms in total. The van der Waals surface area contributed by atoms with Crippen molar-refractivity contribution in [2.75, 3.05) is 11.8 Å². The van der Waals surface area contributed by atoms with E-state index < -0.39 is 0 Å². The van der Waals surface area contributed by atoms with E-state index in [1.807, 2.05) is 23.1 Å². The smallest absolute Gasteiger partial charge is 0.242 e. The molecule has 1 aromatic rings. The number of benzene rings is 1. The Morgan fingerprint density at radius 2 is 2.10 bits per heavy atom. The second kappa shape index (κ2) is 7.90. The summed E-state index contributed by atoms with van der Waals surface area (Å²) in [4.78, 5) is 15.3. The van der Waals surface area contributed by atoms with E-state index in [0.29, 0.717) is 11.8 Å². The molecule has 2 rings (SSSR count). The Labute approximate surface area is 136 Å². The lowest BCUT2D eigenvalue weighted by Crippen LogP contribution is -2.35. The van der Waals surface area contributed by atoms with Crippen LogP contribution in [0, 0.1) is 5.92 Å². The second-order valence-corrected chi connectivity index (χ2v) is 6.79. The van der Waals surface area contributed by atoms with Crippen LogP contribution in [0.5, 0.6) is 0 Å². The minimum absolute atomic E-state index is 0.00296. The van der Waals surface area contributed by atoms with Gasteiger partial charge in [0.2, 0.25) is 5.91 Å². The maximum Gasteiger partial charge on any atom is 0.242 e. The summed E-state index contributed by atoms with van der Waals surface area (Å²) in [7, 11) is 0. The van der Waals surface area contributed by atoms with Crippen molar-refractivity contribution in [2.45, 2.75) is 38.0 Å². The fourth-order valence-electron chi connectivity index (χ4n) is 2.86. The molecule has 114 valence electrons. The third-order valence-corrected chi connectivity index (χ3v) is 5.12. The number of hydrogen-bond acceptors (Lipinski definition) is 2. The van der Waals surface area contributed by atoms with Crippen molar-refractivity contribution >= 4 is 29.3 Å². The molecule has 0 bridgehead atoms. The highest BCUT2D eigenvalue weighted by Crippen LogP contribution is 2.34. The van der Waals surface area contributed by atoms with Crippen molar-refractivity contribution in [3.63, 3.8) is 0 Å². The monoisotopic (exact) mass is 323 g/mol. The maximum atomic E-state index is 12.3. The van der Waals surface area contributed by atoms with Crippen LogP contribution in [0.25, 0.3) is 0 Å². The zero-order valence-corrected chi connectivity index (χ0v) is 14.2. The number of nitrogens with zero attached hydrogens (tertiary/aromatic N) is 1. The zero-order valence-electron chi connectivity index (χ0n) is 12.6. The molecule has 21 heavy (non-hydrogen) atoms. The van der Waals surface area contributed by atoms with E-state index >= 15 is 0 Å². The number of halogens is 1. The third kappa shape index (κ3) is 4.27. The molecule has 0 fully saturated rings. The van der Waals surface area contributed by atoms with Gasteiger partial charge in [-0.15, -0.1) is 23.4 Å². The Balaban J connectivity index is 2.17. The first kappa shape index (κ1) is 16.4. The number of allylic oxidation sites excluding steroid dienone is 2. The number of alkyl halides is 1. The predicted octanol–water partition coefficient (Wildman–Crippen LogP) is 4.90. The lowest BCUT2D eigenvalue weighted by Gasteiger charge is -2.33. The summed E-state index contributed by atoms with van der Waals surface area (Å²) in [6, 6.07) is 10.2. The van der Waals surface area contributed by atoms with E-state index in [4.69, 9.17) is 11.6 Å². The molecule has 0 saturated carbocycles. The molecule has 0 N–H and O–H groups in total. The van der Waals surface area contributed by atoms with Gasteiger partial charge in [-0.05, 0) is 44.2 Å². The van der Waals surface area contributed by atoms with Crippen LogP contribution >= 0.6 is 23.4 Å². The molecule has 0 aromatic heterocycles. The Morgan fingerprint density at radius 3 is 2.71 bits per heavy atom. The highest BCUT2D eigenvalue weighted by molar-refractivity contribution is 7.99. The van der Waals surface area contributed by atoms with Gasteiger partial charge in [-0.3, -0.25) is 4.79 Å². The first-order valence-corrected chi connectivity index (χ1v) is 8.89. The van der Waals surface area contributed by atoms with Gasteiger partial charge in [-0.2, -0.15) is 0 Å². The van der Waals surface area contributed by atoms with E-state index in [1.54, 1.807) is 11.8 Å². The van der Waals surface area contributed by atoms with Crippen molar-refractivity contribution in [2.24, 2.45) is 5.92 Å². The number of thioether (sulfide) groups is 1. The summed E-state index contributed by atoms with van der Waals surface area (Å²) in [5, 5.41) is 0. The topological polar surface area (TPSA) is 20.3 Å². The largest absolute Gasteiger partial charge is 0.305 e. The van der Waals surface area contributed by atoms with Gasteiger partial charge in [0, 0.05) is 10.6 Å². The van der Waals surface area contributed by atoms with Crippen molar-refractivity contribution in [1.29, 1.82) is 0 Å². The highest BCUT2D eigenvalue weighted by atomic mass is 35.5. The molecule has 0 heterocycles. The van der Waals surface area contributed by atoms with Crippen LogP contribution in [-0.2, 0) is 4.79 Å².